The Morgan fingerprint density at radius 1 is 0.968 bits per heavy atom. The van der Waals surface area contributed by atoms with Crippen LogP contribution in [-0.4, -0.2) is 29.3 Å². The van der Waals surface area contributed by atoms with Gasteiger partial charge in [-0.15, -0.1) is 0 Å². The molecule has 0 unspecified atom stereocenters. The van der Waals surface area contributed by atoms with Crippen LogP contribution in [-0.2, 0) is 9.84 Å². The Balaban J connectivity index is 1.69. The molecular formula is C23H13N3O4S. The summed E-state index contributed by atoms with van der Waals surface area (Å²) in [7, 11) is -3.97. The average molecular weight is 427 g/mol. The molecule has 0 aliphatic carbocycles. The number of hydrogen-bond donors (Lipinski definition) is 2. The molecule has 8 heteroatoms. The van der Waals surface area contributed by atoms with E-state index in [1.54, 1.807) is 30.3 Å². The van der Waals surface area contributed by atoms with E-state index in [0.29, 0.717) is 11.0 Å². The molecule has 3 aromatic carbocycles. The van der Waals surface area contributed by atoms with Crippen LogP contribution in [0.2, 0.25) is 0 Å². The number of carbonyl (C=O) groups is 1. The molecule has 1 aromatic heterocycles. The number of nitriles is 1. The summed E-state index contributed by atoms with van der Waals surface area (Å²) in [6, 6.07) is 19.1. The van der Waals surface area contributed by atoms with E-state index < -0.39 is 21.4 Å². The Hall–Kier alpha value is -4.22. The van der Waals surface area contributed by atoms with Gasteiger partial charge in [-0.2, -0.15) is 5.26 Å². The van der Waals surface area contributed by atoms with Crippen LogP contribution in [0.3, 0.4) is 0 Å². The maximum absolute atomic E-state index is 13.1. The molecule has 0 spiro atoms. The van der Waals surface area contributed by atoms with Gasteiger partial charge in [-0.3, -0.25) is 4.79 Å². The molecule has 4 aromatic rings. The smallest absolute Gasteiger partial charge is 0.208 e. The van der Waals surface area contributed by atoms with E-state index in [1.165, 1.54) is 30.3 Å². The number of hydrogen-bond acceptors (Lipinski definition) is 6. The fraction of sp³-hybridized carbons (Fsp3) is 0. The fourth-order valence-corrected chi connectivity index (χ4v) is 5.34. The number of nitrogens with one attached hydrogen (secondary N) is 1. The van der Waals surface area contributed by atoms with Crippen molar-refractivity contribution >= 4 is 38.0 Å². The molecule has 0 bridgehead atoms. The van der Waals surface area contributed by atoms with Crippen molar-refractivity contribution in [2.45, 2.75) is 9.79 Å². The molecule has 0 atom stereocenters. The van der Waals surface area contributed by atoms with Crippen molar-refractivity contribution in [3.8, 4) is 6.07 Å². The minimum atomic E-state index is -3.97. The zero-order valence-electron chi connectivity index (χ0n) is 15.8. The highest BCUT2D eigenvalue weighted by Crippen LogP contribution is 2.36. The van der Waals surface area contributed by atoms with Crippen LogP contribution in [0.4, 0.5) is 0 Å². The zero-order chi connectivity index (χ0) is 21.8. The number of ketones is 1. The van der Waals surface area contributed by atoms with E-state index in [4.69, 9.17) is 0 Å². The summed E-state index contributed by atoms with van der Waals surface area (Å²) >= 11 is 0. The number of sulfone groups is 1. The largest absolute Gasteiger partial charge is 0.506 e. The summed E-state index contributed by atoms with van der Waals surface area (Å²) in [4.78, 5) is 19.8. The van der Waals surface area contributed by atoms with Crippen LogP contribution in [0.25, 0.3) is 22.4 Å². The third-order valence-corrected chi connectivity index (χ3v) is 7.04. The van der Waals surface area contributed by atoms with Gasteiger partial charge in [0, 0.05) is 16.7 Å². The zero-order valence-corrected chi connectivity index (χ0v) is 16.6. The van der Waals surface area contributed by atoms with E-state index in [2.05, 4.69) is 9.97 Å². The first-order valence-corrected chi connectivity index (χ1v) is 10.7. The lowest BCUT2D eigenvalue weighted by Crippen LogP contribution is -2.20. The summed E-state index contributed by atoms with van der Waals surface area (Å²) in [5.41, 5.74) is 1.39. The van der Waals surface area contributed by atoms with Crippen molar-refractivity contribution in [1.29, 1.82) is 5.26 Å². The highest BCUT2D eigenvalue weighted by Gasteiger charge is 2.35. The predicted molar refractivity (Wildman–Crippen MR) is 113 cm³/mol. The molecule has 31 heavy (non-hydrogen) atoms. The molecule has 5 rings (SSSR count). The van der Waals surface area contributed by atoms with Gasteiger partial charge in [0.25, 0.3) is 0 Å². The average Bonchev–Trinajstić information content (AvgIpc) is 3.21. The second kappa shape index (κ2) is 6.65. The summed E-state index contributed by atoms with van der Waals surface area (Å²) < 4.78 is 26.2. The van der Waals surface area contributed by atoms with Crippen LogP contribution in [0.5, 0.6) is 0 Å². The number of aliphatic hydroxyl groups is 1. The van der Waals surface area contributed by atoms with Crippen molar-refractivity contribution in [3.05, 3.63) is 89.2 Å². The molecule has 0 fully saturated rings. The Morgan fingerprint density at radius 2 is 1.68 bits per heavy atom. The third-order valence-electron chi connectivity index (χ3n) is 5.19. The molecule has 150 valence electrons. The van der Waals surface area contributed by atoms with Gasteiger partial charge in [0.1, 0.15) is 17.4 Å². The summed E-state index contributed by atoms with van der Waals surface area (Å²) in [6.07, 6.45) is 0. The van der Waals surface area contributed by atoms with Gasteiger partial charge in [-0.05, 0) is 36.4 Å². The lowest BCUT2D eigenvalue weighted by atomic mass is 10.00. The molecule has 2 N–H and O–H groups in total. The standard InChI is InChI=1S/C23H13N3O4S/c24-12-16(23-25-17-6-2-3-7-18(17)26-23)21(27)13-9-10-15-20(11-13)31(29,30)19-8-4-1-5-14(19)22(15)28/h1-11,27H,(H,25,26). The van der Waals surface area contributed by atoms with Gasteiger partial charge in [-0.25, -0.2) is 13.4 Å². The molecule has 1 aliphatic heterocycles. The van der Waals surface area contributed by atoms with Crippen molar-refractivity contribution in [2.24, 2.45) is 0 Å². The van der Waals surface area contributed by atoms with Gasteiger partial charge in [0.2, 0.25) is 9.84 Å². The van der Waals surface area contributed by atoms with Crippen molar-refractivity contribution in [3.63, 3.8) is 0 Å². The van der Waals surface area contributed by atoms with Crippen molar-refractivity contribution in [2.75, 3.05) is 0 Å². The number of aromatic nitrogens is 2. The number of H-pyrrole nitrogens is 1. The van der Waals surface area contributed by atoms with Crippen LogP contribution < -0.4 is 0 Å². The van der Waals surface area contributed by atoms with E-state index in [0.717, 1.165) is 0 Å². The second-order valence-electron chi connectivity index (χ2n) is 6.98. The summed E-state index contributed by atoms with van der Waals surface area (Å²) in [6.45, 7) is 0. The van der Waals surface area contributed by atoms with Gasteiger partial charge in [0.15, 0.2) is 11.6 Å². The van der Waals surface area contributed by atoms with Gasteiger partial charge in [0.05, 0.1) is 20.8 Å². The molecule has 2 heterocycles. The van der Waals surface area contributed by atoms with Crippen molar-refractivity contribution in [1.82, 2.24) is 9.97 Å². The first-order valence-electron chi connectivity index (χ1n) is 9.23. The highest BCUT2D eigenvalue weighted by molar-refractivity contribution is 7.91. The summed E-state index contributed by atoms with van der Waals surface area (Å²) in [5.74, 6) is -0.692. The number of nitrogens with zero attached hydrogens (tertiary/aromatic N) is 2. The third kappa shape index (κ3) is 2.75. The van der Waals surface area contributed by atoms with E-state index >= 15 is 0 Å². The quantitative estimate of drug-likeness (QED) is 0.325. The van der Waals surface area contributed by atoms with Crippen LogP contribution in [0.1, 0.15) is 27.3 Å². The minimum Gasteiger partial charge on any atom is -0.506 e. The Kier molecular flexibility index (Phi) is 4.03. The molecule has 7 nitrogen and oxygen atoms in total. The van der Waals surface area contributed by atoms with Gasteiger partial charge < -0.3 is 10.1 Å². The second-order valence-corrected chi connectivity index (χ2v) is 8.86. The number of allylic oxidation sites excluding steroid dienone is 1. The number of benzene rings is 3. The first-order chi connectivity index (χ1) is 14.9. The normalized spacial score (nSPS) is 15.0. The van der Waals surface area contributed by atoms with E-state index in [9.17, 15) is 23.6 Å². The fourth-order valence-electron chi connectivity index (χ4n) is 3.67. The number of rotatable bonds is 2. The molecule has 0 saturated carbocycles. The van der Waals surface area contributed by atoms with E-state index in [-0.39, 0.29) is 37.9 Å². The lowest BCUT2D eigenvalue weighted by molar-refractivity contribution is 0.103. The van der Waals surface area contributed by atoms with E-state index in [1.807, 2.05) is 12.1 Å². The Morgan fingerprint density at radius 3 is 2.45 bits per heavy atom. The molecule has 0 amide bonds. The number of aromatic amines is 1. The molecule has 1 aliphatic rings. The Labute approximate surface area is 176 Å². The number of aliphatic hydroxyl groups excluding tert-OH is 1. The molecule has 0 radical (unpaired) electrons. The van der Waals surface area contributed by atoms with Crippen LogP contribution in [0, 0.1) is 11.3 Å². The monoisotopic (exact) mass is 427 g/mol. The van der Waals surface area contributed by atoms with Gasteiger partial charge in [-0.1, -0.05) is 30.3 Å². The van der Waals surface area contributed by atoms with Crippen LogP contribution >= 0.6 is 0 Å². The predicted octanol–water partition coefficient (Wildman–Crippen LogP) is 3.89. The lowest BCUT2D eigenvalue weighted by Gasteiger charge is -2.19. The van der Waals surface area contributed by atoms with Gasteiger partial charge >= 0.3 is 0 Å². The number of imidazole rings is 1. The SMILES string of the molecule is N#CC(=C(O)c1ccc2c(c1)S(=O)(=O)c1ccccc1C2=O)c1nc2ccccc2[nH]1. The highest BCUT2D eigenvalue weighted by atomic mass is 32.2. The van der Waals surface area contributed by atoms with Crippen molar-refractivity contribution < 1.29 is 18.3 Å². The van der Waals surface area contributed by atoms with Crippen LogP contribution in [0.15, 0.2) is 76.5 Å². The maximum Gasteiger partial charge on any atom is 0.208 e. The molecular weight excluding hydrogens is 414 g/mol. The number of para-hydroxylation sites is 2. The summed E-state index contributed by atoms with van der Waals surface area (Å²) in [5, 5.41) is 20.5. The number of carbonyl (C=O) groups excluding carboxylic acids is 1. The number of fused-ring (bicyclic) bond motifs is 3. The molecule has 0 saturated heterocycles. The maximum atomic E-state index is 13.1. The minimum absolute atomic E-state index is 0.0255. The first kappa shape index (κ1) is 18.8. The topological polar surface area (TPSA) is 124 Å². The Bertz CT molecular complexity index is 1560.